The van der Waals surface area contributed by atoms with Crippen molar-refractivity contribution in [2.75, 3.05) is 0 Å². The largest absolute Gasteiger partial charge is 0.342 e. The standard InChI is InChI=1S/C23H14ClN3/c24-19-7-8-20-17(11-19)10-16-6-9-21-22(23(16)26-20)18(12-25)14-27(21)13-15-4-2-1-3-5-15/h1-11,14H,13H2. The summed E-state index contributed by atoms with van der Waals surface area (Å²) in [5, 5.41) is 13.3. The van der Waals surface area contributed by atoms with Crippen molar-refractivity contribution in [1.29, 1.82) is 5.26 Å². The Morgan fingerprint density at radius 2 is 1.81 bits per heavy atom. The first-order chi connectivity index (χ1) is 13.2. The molecule has 0 saturated carbocycles. The van der Waals surface area contributed by atoms with E-state index in [2.05, 4.69) is 41.0 Å². The minimum Gasteiger partial charge on any atom is -0.342 e. The lowest BCUT2D eigenvalue weighted by Gasteiger charge is -2.07. The highest BCUT2D eigenvalue weighted by atomic mass is 35.5. The Balaban J connectivity index is 1.79. The number of nitrogens with zero attached hydrogens (tertiary/aromatic N) is 3. The molecule has 0 aliphatic heterocycles. The van der Waals surface area contributed by atoms with Gasteiger partial charge in [-0.05, 0) is 35.9 Å². The molecule has 0 spiro atoms. The van der Waals surface area contributed by atoms with E-state index < -0.39 is 0 Å². The number of hydrogen-bond acceptors (Lipinski definition) is 2. The van der Waals surface area contributed by atoms with Crippen molar-refractivity contribution in [3.63, 3.8) is 0 Å². The highest BCUT2D eigenvalue weighted by Crippen LogP contribution is 2.31. The van der Waals surface area contributed by atoms with Gasteiger partial charge >= 0.3 is 0 Å². The fourth-order valence-electron chi connectivity index (χ4n) is 3.65. The Labute approximate surface area is 161 Å². The smallest absolute Gasteiger partial charge is 0.101 e. The number of nitriles is 1. The zero-order valence-electron chi connectivity index (χ0n) is 14.4. The van der Waals surface area contributed by atoms with Gasteiger partial charge in [-0.1, -0.05) is 48.0 Å². The van der Waals surface area contributed by atoms with Crippen molar-refractivity contribution in [2.45, 2.75) is 6.54 Å². The number of fused-ring (bicyclic) bond motifs is 4. The van der Waals surface area contributed by atoms with E-state index in [0.29, 0.717) is 17.1 Å². The summed E-state index contributed by atoms with van der Waals surface area (Å²) in [5.74, 6) is 0. The predicted molar refractivity (Wildman–Crippen MR) is 110 cm³/mol. The summed E-state index contributed by atoms with van der Waals surface area (Å²) in [4.78, 5) is 4.85. The molecule has 0 atom stereocenters. The van der Waals surface area contributed by atoms with E-state index in [1.165, 1.54) is 5.56 Å². The van der Waals surface area contributed by atoms with Gasteiger partial charge < -0.3 is 4.57 Å². The first-order valence-corrected chi connectivity index (χ1v) is 9.06. The molecule has 3 nitrogen and oxygen atoms in total. The van der Waals surface area contributed by atoms with Gasteiger partial charge in [0.1, 0.15) is 6.07 Å². The third-order valence-corrected chi connectivity index (χ3v) is 5.13. The van der Waals surface area contributed by atoms with E-state index in [1.807, 2.05) is 42.6 Å². The van der Waals surface area contributed by atoms with Crippen LogP contribution in [0.3, 0.4) is 0 Å². The molecular formula is C23H14ClN3. The molecule has 0 saturated heterocycles. The van der Waals surface area contributed by atoms with Gasteiger partial charge in [-0.3, -0.25) is 0 Å². The maximum atomic E-state index is 9.72. The average molecular weight is 368 g/mol. The first-order valence-electron chi connectivity index (χ1n) is 8.69. The van der Waals surface area contributed by atoms with E-state index in [9.17, 15) is 5.26 Å². The number of aromatic nitrogens is 2. The normalized spacial score (nSPS) is 11.3. The molecule has 0 aliphatic rings. The van der Waals surface area contributed by atoms with Crippen molar-refractivity contribution in [2.24, 2.45) is 0 Å². The second-order valence-electron chi connectivity index (χ2n) is 6.62. The Hall–Kier alpha value is -3.35. The number of hydrogen-bond donors (Lipinski definition) is 0. The second-order valence-corrected chi connectivity index (χ2v) is 7.06. The predicted octanol–water partition coefficient (Wildman–Crippen LogP) is 5.92. The third kappa shape index (κ3) is 2.63. The lowest BCUT2D eigenvalue weighted by molar-refractivity contribution is 0.836. The lowest BCUT2D eigenvalue weighted by Crippen LogP contribution is -1.97. The monoisotopic (exact) mass is 367 g/mol. The molecule has 3 aromatic carbocycles. The van der Waals surface area contributed by atoms with E-state index >= 15 is 0 Å². The van der Waals surface area contributed by atoms with Crippen molar-refractivity contribution in [1.82, 2.24) is 9.55 Å². The molecule has 0 N–H and O–H groups in total. The van der Waals surface area contributed by atoms with Crippen LogP contribution in [0, 0.1) is 11.3 Å². The molecule has 4 heteroatoms. The van der Waals surface area contributed by atoms with Crippen LogP contribution < -0.4 is 0 Å². The molecule has 0 radical (unpaired) electrons. The van der Waals surface area contributed by atoms with Gasteiger partial charge in [0.05, 0.1) is 22.1 Å². The van der Waals surface area contributed by atoms with Crippen LogP contribution in [0.5, 0.6) is 0 Å². The van der Waals surface area contributed by atoms with Crippen molar-refractivity contribution in [3.8, 4) is 6.07 Å². The fraction of sp³-hybridized carbons (Fsp3) is 0.0435. The molecule has 27 heavy (non-hydrogen) atoms. The van der Waals surface area contributed by atoms with Gasteiger partial charge in [0, 0.05) is 33.9 Å². The SMILES string of the molecule is N#Cc1cn(Cc2ccccc2)c2ccc3cc4cc(Cl)ccc4nc3c12. The molecule has 0 fully saturated rings. The first kappa shape index (κ1) is 15.9. The van der Waals surface area contributed by atoms with Crippen LogP contribution in [0.2, 0.25) is 5.02 Å². The highest BCUT2D eigenvalue weighted by molar-refractivity contribution is 6.31. The van der Waals surface area contributed by atoms with E-state index in [0.717, 1.165) is 32.7 Å². The number of benzene rings is 3. The maximum absolute atomic E-state index is 9.72. The van der Waals surface area contributed by atoms with Crippen molar-refractivity contribution >= 4 is 44.3 Å². The molecule has 5 aromatic rings. The number of halogens is 1. The molecule has 5 rings (SSSR count). The zero-order chi connectivity index (χ0) is 18.4. The summed E-state index contributed by atoms with van der Waals surface area (Å²) >= 11 is 6.12. The van der Waals surface area contributed by atoms with Crippen LogP contribution in [-0.4, -0.2) is 9.55 Å². The summed E-state index contributed by atoms with van der Waals surface area (Å²) in [6, 6.07) is 24.5. The van der Waals surface area contributed by atoms with Gasteiger partial charge in [0.2, 0.25) is 0 Å². The average Bonchev–Trinajstić information content (AvgIpc) is 3.05. The van der Waals surface area contributed by atoms with Gasteiger partial charge in [0.25, 0.3) is 0 Å². The zero-order valence-corrected chi connectivity index (χ0v) is 15.1. The van der Waals surface area contributed by atoms with Gasteiger partial charge in [-0.25, -0.2) is 4.98 Å². The Morgan fingerprint density at radius 1 is 0.963 bits per heavy atom. The Kier molecular flexibility index (Phi) is 3.60. The lowest BCUT2D eigenvalue weighted by atomic mass is 10.1. The molecule has 2 heterocycles. The van der Waals surface area contributed by atoms with Crippen LogP contribution in [0.15, 0.2) is 72.9 Å². The molecule has 0 amide bonds. The molecule has 2 aromatic heterocycles. The van der Waals surface area contributed by atoms with Gasteiger partial charge in [-0.2, -0.15) is 5.26 Å². The highest BCUT2D eigenvalue weighted by Gasteiger charge is 2.14. The van der Waals surface area contributed by atoms with E-state index in [1.54, 1.807) is 0 Å². The molecule has 0 aliphatic carbocycles. The second kappa shape index (κ2) is 6.12. The van der Waals surface area contributed by atoms with E-state index in [-0.39, 0.29) is 0 Å². The molecule has 0 bridgehead atoms. The van der Waals surface area contributed by atoms with Crippen molar-refractivity contribution in [3.05, 3.63) is 89.1 Å². The van der Waals surface area contributed by atoms with Crippen LogP contribution in [-0.2, 0) is 6.54 Å². The quantitative estimate of drug-likeness (QED) is 0.363. The summed E-state index contributed by atoms with van der Waals surface area (Å²) in [7, 11) is 0. The minimum atomic E-state index is 0.646. The maximum Gasteiger partial charge on any atom is 0.101 e. The fourth-order valence-corrected chi connectivity index (χ4v) is 3.84. The summed E-state index contributed by atoms with van der Waals surface area (Å²) in [6.07, 6.45) is 1.92. The van der Waals surface area contributed by atoms with Gasteiger partial charge in [-0.15, -0.1) is 0 Å². The van der Waals surface area contributed by atoms with Crippen LogP contribution >= 0.6 is 11.6 Å². The minimum absolute atomic E-state index is 0.646. The van der Waals surface area contributed by atoms with Crippen LogP contribution in [0.25, 0.3) is 32.7 Å². The number of pyridine rings is 1. The third-order valence-electron chi connectivity index (χ3n) is 4.90. The molecule has 0 unspecified atom stereocenters. The molecular weight excluding hydrogens is 354 g/mol. The van der Waals surface area contributed by atoms with Crippen LogP contribution in [0.4, 0.5) is 0 Å². The Morgan fingerprint density at radius 3 is 2.63 bits per heavy atom. The number of rotatable bonds is 2. The van der Waals surface area contributed by atoms with E-state index in [4.69, 9.17) is 16.6 Å². The Bertz CT molecular complexity index is 1360. The topological polar surface area (TPSA) is 41.6 Å². The van der Waals surface area contributed by atoms with Gasteiger partial charge in [0.15, 0.2) is 0 Å². The van der Waals surface area contributed by atoms with Crippen molar-refractivity contribution < 1.29 is 0 Å². The summed E-state index contributed by atoms with van der Waals surface area (Å²) < 4.78 is 2.12. The summed E-state index contributed by atoms with van der Waals surface area (Å²) in [6.45, 7) is 0.716. The molecule has 128 valence electrons. The van der Waals surface area contributed by atoms with Crippen LogP contribution in [0.1, 0.15) is 11.1 Å². The summed E-state index contributed by atoms with van der Waals surface area (Å²) in [5.41, 5.74) is 4.58.